The van der Waals surface area contributed by atoms with Gasteiger partial charge in [0.2, 0.25) is 9.70 Å². The van der Waals surface area contributed by atoms with Crippen LogP contribution in [0.15, 0.2) is 48.7 Å². The van der Waals surface area contributed by atoms with Crippen molar-refractivity contribution in [2.75, 3.05) is 0 Å². The molecule has 1 amide bonds. The van der Waals surface area contributed by atoms with Gasteiger partial charge in [-0.25, -0.2) is 0 Å². The number of carbonyl (C=O) groups excluding carboxylic acids is 1. The number of rotatable bonds is 6. The Labute approximate surface area is 196 Å². The van der Waals surface area contributed by atoms with Gasteiger partial charge in [-0.3, -0.25) is 9.78 Å². The summed E-state index contributed by atoms with van der Waals surface area (Å²) in [5.74, 6) is -0.241. The number of aryl methyl sites for hydroxylation is 2. The molecule has 160 valence electrons. The van der Waals surface area contributed by atoms with E-state index in [1.54, 1.807) is 6.20 Å². The summed E-state index contributed by atoms with van der Waals surface area (Å²) in [6.07, 6.45) is 4.58. The Bertz CT molecular complexity index is 876. The third kappa shape index (κ3) is 6.71. The lowest BCUT2D eigenvalue weighted by Gasteiger charge is -2.31. The zero-order chi connectivity index (χ0) is 21.6. The summed E-state index contributed by atoms with van der Waals surface area (Å²) in [5, 5.41) is 9.18. The molecule has 0 saturated heterocycles. The zero-order valence-corrected chi connectivity index (χ0v) is 19.3. The number of halogens is 3. The Balaban J connectivity index is 1.57. The van der Waals surface area contributed by atoms with E-state index in [2.05, 4.69) is 27.0 Å². The van der Waals surface area contributed by atoms with E-state index >= 15 is 0 Å². The van der Waals surface area contributed by atoms with Crippen molar-refractivity contribution in [3.63, 3.8) is 0 Å². The van der Waals surface area contributed by atoms with E-state index in [0.717, 1.165) is 30.5 Å². The maximum atomic E-state index is 12.4. The lowest BCUT2D eigenvalue weighted by molar-refractivity contribution is -0.121. The lowest BCUT2D eigenvalue weighted by atomic mass is 9.92. The fraction of sp³-hybridized carbons (Fsp3) is 0.381. The minimum absolute atomic E-state index is 0.0280. The van der Waals surface area contributed by atoms with E-state index < -0.39 is 9.96 Å². The van der Waals surface area contributed by atoms with Crippen LogP contribution in [-0.4, -0.2) is 26.0 Å². The second-order valence-electron chi connectivity index (χ2n) is 7.14. The van der Waals surface area contributed by atoms with Crippen LogP contribution in [0.25, 0.3) is 0 Å². The first-order valence-electron chi connectivity index (χ1n) is 9.74. The van der Waals surface area contributed by atoms with Gasteiger partial charge in [0, 0.05) is 12.6 Å². The van der Waals surface area contributed by atoms with Gasteiger partial charge in [-0.1, -0.05) is 71.2 Å². The van der Waals surface area contributed by atoms with Crippen molar-refractivity contribution < 1.29 is 4.79 Å². The van der Waals surface area contributed by atoms with E-state index in [0.29, 0.717) is 6.42 Å². The summed E-state index contributed by atoms with van der Waals surface area (Å²) in [4.78, 5) is 16.9. The molecule has 0 saturated carbocycles. The molecule has 3 N–H and O–H groups in total. The van der Waals surface area contributed by atoms with Crippen LogP contribution >= 0.6 is 47.0 Å². The zero-order valence-electron chi connectivity index (χ0n) is 16.2. The Morgan fingerprint density at radius 2 is 1.93 bits per heavy atom. The molecule has 2 unspecified atom stereocenters. The third-order valence-electron chi connectivity index (χ3n) is 4.89. The number of hydrogen-bond donors (Lipinski definition) is 3. The van der Waals surface area contributed by atoms with Crippen molar-refractivity contribution in [3.8, 4) is 0 Å². The number of hydrogen-bond acceptors (Lipinski definition) is 3. The van der Waals surface area contributed by atoms with Gasteiger partial charge < -0.3 is 16.0 Å². The maximum Gasteiger partial charge on any atom is 0.228 e. The van der Waals surface area contributed by atoms with Crippen LogP contribution in [0.5, 0.6) is 0 Å². The van der Waals surface area contributed by atoms with Crippen molar-refractivity contribution in [2.24, 2.45) is 0 Å². The fourth-order valence-corrected chi connectivity index (χ4v) is 4.00. The van der Waals surface area contributed by atoms with Gasteiger partial charge in [0.15, 0.2) is 5.11 Å². The summed E-state index contributed by atoms with van der Waals surface area (Å²) in [5.41, 5.74) is 3.24. The highest BCUT2D eigenvalue weighted by atomic mass is 35.6. The Morgan fingerprint density at radius 3 is 2.67 bits per heavy atom. The van der Waals surface area contributed by atoms with E-state index in [9.17, 15) is 4.79 Å². The lowest BCUT2D eigenvalue weighted by Crippen LogP contribution is -2.57. The molecule has 1 aliphatic carbocycles. The van der Waals surface area contributed by atoms with Crippen molar-refractivity contribution in [1.29, 1.82) is 0 Å². The maximum absolute atomic E-state index is 12.4. The Hall–Kier alpha value is -1.60. The van der Waals surface area contributed by atoms with E-state index in [-0.39, 0.29) is 23.5 Å². The summed E-state index contributed by atoms with van der Waals surface area (Å²) < 4.78 is -1.78. The monoisotopic (exact) mass is 484 g/mol. The van der Waals surface area contributed by atoms with Crippen LogP contribution in [0.2, 0.25) is 0 Å². The van der Waals surface area contributed by atoms with Crippen molar-refractivity contribution >= 4 is 58.0 Å². The van der Waals surface area contributed by atoms with Gasteiger partial charge in [-0.05, 0) is 55.1 Å². The number of pyridine rings is 1. The normalized spacial score (nSPS) is 16.8. The topological polar surface area (TPSA) is 66.1 Å². The number of benzene rings is 1. The molecule has 2 aromatic rings. The molecule has 0 fully saturated rings. The largest absolute Gasteiger partial charge is 0.354 e. The summed E-state index contributed by atoms with van der Waals surface area (Å²) in [7, 11) is 0. The molecule has 0 radical (unpaired) electrons. The molecule has 0 spiro atoms. The van der Waals surface area contributed by atoms with Crippen LogP contribution in [0, 0.1) is 0 Å². The second-order valence-corrected chi connectivity index (χ2v) is 9.92. The highest BCUT2D eigenvalue weighted by molar-refractivity contribution is 7.80. The Morgan fingerprint density at radius 1 is 1.17 bits per heavy atom. The molecule has 30 heavy (non-hydrogen) atoms. The number of alkyl halides is 3. The minimum Gasteiger partial charge on any atom is -0.354 e. The Kier molecular flexibility index (Phi) is 8.17. The number of thiocarbonyl (C=S) groups is 1. The van der Waals surface area contributed by atoms with Gasteiger partial charge in [-0.2, -0.15) is 0 Å². The van der Waals surface area contributed by atoms with Crippen molar-refractivity contribution in [3.05, 3.63) is 65.5 Å². The van der Waals surface area contributed by atoms with Gasteiger partial charge in [-0.15, -0.1) is 0 Å². The minimum atomic E-state index is -1.78. The molecule has 1 heterocycles. The number of nitrogens with zero attached hydrogens (tertiary/aromatic N) is 1. The average molecular weight is 486 g/mol. The van der Waals surface area contributed by atoms with Crippen molar-refractivity contribution in [2.45, 2.75) is 48.1 Å². The first kappa shape index (κ1) is 23.1. The highest BCUT2D eigenvalue weighted by Gasteiger charge is 2.35. The van der Waals surface area contributed by atoms with Crippen LogP contribution in [-0.2, 0) is 17.6 Å². The predicted octanol–water partition coefficient (Wildman–Crippen LogP) is 4.37. The first-order valence-corrected chi connectivity index (χ1v) is 11.3. The summed E-state index contributed by atoms with van der Waals surface area (Å²) >= 11 is 23.7. The van der Waals surface area contributed by atoms with Gasteiger partial charge >= 0.3 is 0 Å². The van der Waals surface area contributed by atoms with Gasteiger partial charge in [0.05, 0.1) is 11.7 Å². The fourth-order valence-electron chi connectivity index (χ4n) is 3.42. The molecule has 9 heteroatoms. The van der Waals surface area contributed by atoms with Crippen LogP contribution in [0.4, 0.5) is 0 Å². The van der Waals surface area contributed by atoms with Gasteiger partial charge in [0.25, 0.3) is 0 Å². The SMILES string of the molecule is O=C(CCc1ccccc1)NC(NC(=S)NC1CCCc2cccnc21)C(Cl)(Cl)Cl. The summed E-state index contributed by atoms with van der Waals surface area (Å²) in [6, 6.07) is 13.7. The molecule has 0 bridgehead atoms. The smallest absolute Gasteiger partial charge is 0.228 e. The van der Waals surface area contributed by atoms with E-state index in [1.165, 1.54) is 5.56 Å². The summed E-state index contributed by atoms with van der Waals surface area (Å²) in [6.45, 7) is 0. The quantitative estimate of drug-likeness (QED) is 0.322. The molecule has 3 rings (SSSR count). The predicted molar refractivity (Wildman–Crippen MR) is 126 cm³/mol. The highest BCUT2D eigenvalue weighted by Crippen LogP contribution is 2.30. The molecule has 5 nitrogen and oxygen atoms in total. The number of amides is 1. The molecule has 2 atom stereocenters. The van der Waals surface area contributed by atoms with Crippen LogP contribution in [0.3, 0.4) is 0 Å². The second kappa shape index (κ2) is 10.6. The third-order valence-corrected chi connectivity index (χ3v) is 5.78. The number of fused-ring (bicyclic) bond motifs is 1. The number of aromatic nitrogens is 1. The average Bonchev–Trinajstić information content (AvgIpc) is 2.72. The van der Waals surface area contributed by atoms with Crippen LogP contribution < -0.4 is 16.0 Å². The molecule has 1 aliphatic rings. The number of carbonyl (C=O) groups is 1. The first-order chi connectivity index (χ1) is 14.3. The van der Waals surface area contributed by atoms with E-state index in [1.807, 2.05) is 36.4 Å². The molecule has 1 aromatic heterocycles. The molecule has 1 aromatic carbocycles. The van der Waals surface area contributed by atoms with Crippen molar-refractivity contribution in [1.82, 2.24) is 20.9 Å². The number of nitrogens with one attached hydrogen (secondary N) is 3. The molecule has 0 aliphatic heterocycles. The van der Waals surface area contributed by atoms with Gasteiger partial charge in [0.1, 0.15) is 6.17 Å². The molecular formula is C21H23Cl3N4OS. The van der Waals surface area contributed by atoms with E-state index in [4.69, 9.17) is 47.0 Å². The molecular weight excluding hydrogens is 463 g/mol. The standard InChI is InChI=1S/C21H23Cl3N4OS/c22-21(23,24)19(27-17(29)12-11-14-6-2-1-3-7-14)28-20(30)26-16-10-4-8-15-9-5-13-25-18(15)16/h1-3,5-7,9,13,16,19H,4,8,10-12H2,(H,27,29)(H2,26,28,30). The van der Waals surface area contributed by atoms with Crippen LogP contribution in [0.1, 0.15) is 42.1 Å².